The van der Waals surface area contributed by atoms with Crippen molar-refractivity contribution < 1.29 is 19.5 Å². The number of urea groups is 2. The van der Waals surface area contributed by atoms with Crippen LogP contribution in [0.2, 0.25) is 0 Å². The van der Waals surface area contributed by atoms with Crippen LogP contribution in [0.5, 0.6) is 5.75 Å². The van der Waals surface area contributed by atoms with Gasteiger partial charge in [-0.1, -0.05) is 48.5 Å². The number of phenols is 1. The van der Waals surface area contributed by atoms with Crippen molar-refractivity contribution >= 4 is 35.0 Å². The Bertz CT molecular complexity index is 2070. The van der Waals surface area contributed by atoms with E-state index in [1.807, 2.05) is 24.3 Å². The average Bonchev–Trinajstić information content (AvgIpc) is 3.27. The monoisotopic (exact) mass is 781 g/mol. The largest absolute Gasteiger partial charge is 0.508 e. The molecule has 0 aromatic heterocycles. The fourth-order valence-electron chi connectivity index (χ4n) is 10.0. The number of likely N-dealkylation sites (tertiary alicyclic amines) is 1. The number of amides is 5. The van der Waals surface area contributed by atoms with Gasteiger partial charge in [0.25, 0.3) is 0 Å². The number of piperidine rings is 1. The molecule has 4 aromatic carbocycles. The normalized spacial score (nSPS) is 22.2. The molecular formula is C47H55N7O4. The van der Waals surface area contributed by atoms with Crippen LogP contribution in [0.25, 0.3) is 0 Å². The van der Waals surface area contributed by atoms with E-state index < -0.39 is 0 Å². The molecule has 4 heterocycles. The number of nitrogens with zero attached hydrogens (tertiary/aromatic N) is 6. The molecule has 0 spiro atoms. The van der Waals surface area contributed by atoms with E-state index in [4.69, 9.17) is 0 Å². The third-order valence-corrected chi connectivity index (χ3v) is 13.3. The van der Waals surface area contributed by atoms with E-state index in [1.54, 1.807) is 4.90 Å². The molecule has 4 aromatic rings. The molecule has 4 fully saturated rings. The average molecular weight is 782 g/mol. The number of phenolic OH excluding ortho intramolecular Hbond substituents is 1. The SMILES string of the molecule is O=C1CCN(c2ccc(N3CCN(CC4CCN(C(=O)N5CCN(c6ccc([C@@H]7c8ccc(O)cc8CC[C@@H]7c7ccccc7)cc6)CC5)CC4)CC3)cc2)C(=O)N1. The fraction of sp³-hybridized carbons (Fsp3) is 0.426. The van der Waals surface area contributed by atoms with Gasteiger partial charge in [-0.25, -0.2) is 9.59 Å². The summed E-state index contributed by atoms with van der Waals surface area (Å²) in [6, 6.07) is 33.8. The Labute approximate surface area is 341 Å². The molecule has 2 atom stereocenters. The molecule has 4 saturated heterocycles. The zero-order valence-corrected chi connectivity index (χ0v) is 33.3. The van der Waals surface area contributed by atoms with Crippen molar-refractivity contribution in [2.45, 2.75) is 43.9 Å². The van der Waals surface area contributed by atoms with E-state index in [-0.39, 0.29) is 23.9 Å². The first-order valence-electron chi connectivity index (χ1n) is 21.3. The molecular weight excluding hydrogens is 727 g/mol. The molecule has 5 amide bonds. The van der Waals surface area contributed by atoms with Crippen LogP contribution in [0.4, 0.5) is 26.7 Å². The first-order chi connectivity index (χ1) is 28.4. The predicted molar refractivity (Wildman–Crippen MR) is 228 cm³/mol. The second-order valence-corrected chi connectivity index (χ2v) is 16.8. The molecule has 11 heteroatoms. The van der Waals surface area contributed by atoms with E-state index >= 15 is 0 Å². The Morgan fingerprint density at radius 1 is 0.621 bits per heavy atom. The zero-order valence-electron chi connectivity index (χ0n) is 33.3. The van der Waals surface area contributed by atoms with Gasteiger partial charge in [0, 0.05) is 108 Å². The molecule has 58 heavy (non-hydrogen) atoms. The first-order valence-corrected chi connectivity index (χ1v) is 21.3. The lowest BCUT2D eigenvalue weighted by atomic mass is 9.69. The molecule has 0 bridgehead atoms. The van der Waals surface area contributed by atoms with Crippen LogP contribution in [0.3, 0.4) is 0 Å². The van der Waals surface area contributed by atoms with E-state index in [9.17, 15) is 19.5 Å². The van der Waals surface area contributed by atoms with E-state index in [1.165, 1.54) is 27.9 Å². The highest BCUT2D eigenvalue weighted by Gasteiger charge is 2.34. The van der Waals surface area contributed by atoms with E-state index in [0.29, 0.717) is 30.6 Å². The summed E-state index contributed by atoms with van der Waals surface area (Å²) in [5.74, 6) is 1.33. The smallest absolute Gasteiger partial charge is 0.328 e. The summed E-state index contributed by atoms with van der Waals surface area (Å²) in [5, 5.41) is 12.6. The lowest BCUT2D eigenvalue weighted by Gasteiger charge is -2.42. The zero-order chi connectivity index (χ0) is 39.6. The summed E-state index contributed by atoms with van der Waals surface area (Å²) >= 11 is 0. The third kappa shape index (κ3) is 8.09. The quantitative estimate of drug-likeness (QED) is 0.222. The van der Waals surface area contributed by atoms with E-state index in [0.717, 1.165) is 109 Å². The number of hydrogen-bond acceptors (Lipinski definition) is 7. The van der Waals surface area contributed by atoms with Crippen LogP contribution in [-0.2, 0) is 11.2 Å². The highest BCUT2D eigenvalue weighted by Crippen LogP contribution is 2.47. The molecule has 0 saturated carbocycles. The highest BCUT2D eigenvalue weighted by molar-refractivity contribution is 6.05. The minimum Gasteiger partial charge on any atom is -0.508 e. The van der Waals surface area contributed by atoms with Crippen molar-refractivity contribution in [2.24, 2.45) is 5.92 Å². The molecule has 302 valence electrons. The van der Waals surface area contributed by atoms with Crippen molar-refractivity contribution in [1.29, 1.82) is 0 Å². The summed E-state index contributed by atoms with van der Waals surface area (Å²) in [6.07, 6.45) is 4.43. The first kappa shape index (κ1) is 38.0. The highest BCUT2D eigenvalue weighted by atomic mass is 16.3. The number of rotatable bonds is 7. The van der Waals surface area contributed by atoms with Gasteiger partial charge in [0.15, 0.2) is 0 Å². The minimum atomic E-state index is -0.354. The number of imide groups is 1. The Kier molecular flexibility index (Phi) is 11.0. The maximum absolute atomic E-state index is 13.7. The summed E-state index contributed by atoms with van der Waals surface area (Å²) < 4.78 is 0. The van der Waals surface area contributed by atoms with Crippen molar-refractivity contribution in [3.8, 4) is 5.75 Å². The van der Waals surface area contributed by atoms with Gasteiger partial charge in [-0.15, -0.1) is 0 Å². The van der Waals surface area contributed by atoms with Crippen LogP contribution >= 0.6 is 0 Å². The summed E-state index contributed by atoms with van der Waals surface area (Å²) in [4.78, 5) is 50.6. The summed E-state index contributed by atoms with van der Waals surface area (Å²) in [5.41, 5.74) is 8.40. The standard InChI is InChI=1S/C47H55N7O4/c55-41-15-17-43-37(32-41)8-16-42(35-4-2-1-3-5-35)45(43)36-6-9-38(10-7-36)51-28-30-53(31-29-51)47(58)52-21-18-34(19-22-52)33-49-24-26-50(27-25-49)39-11-13-40(14-12-39)54-23-20-44(56)48-46(54)57/h1-7,9-15,17,32,34,42,45,55H,8,16,18-31,33H2,(H,48,56,57)/t42-,45+/m1/s1. The van der Waals surface area contributed by atoms with Crippen molar-refractivity contribution in [3.05, 3.63) is 119 Å². The Morgan fingerprint density at radius 3 is 1.91 bits per heavy atom. The summed E-state index contributed by atoms with van der Waals surface area (Å²) in [7, 11) is 0. The number of aryl methyl sites for hydroxylation is 1. The molecule has 4 aliphatic heterocycles. The lowest BCUT2D eigenvalue weighted by molar-refractivity contribution is -0.120. The number of nitrogens with one attached hydrogen (secondary N) is 1. The van der Waals surface area contributed by atoms with Gasteiger partial charge in [0.05, 0.1) is 0 Å². The molecule has 0 unspecified atom stereocenters. The number of benzene rings is 4. The molecule has 11 nitrogen and oxygen atoms in total. The number of anilines is 3. The second kappa shape index (κ2) is 16.7. The van der Waals surface area contributed by atoms with Gasteiger partial charge in [0.1, 0.15) is 5.75 Å². The Hall–Kier alpha value is -5.55. The Balaban J connectivity index is 0.726. The molecule has 9 rings (SSSR count). The number of piperazine rings is 2. The van der Waals surface area contributed by atoms with Crippen LogP contribution in [0.1, 0.15) is 59.8 Å². The van der Waals surface area contributed by atoms with Crippen molar-refractivity contribution in [2.75, 3.05) is 93.2 Å². The maximum atomic E-state index is 13.7. The maximum Gasteiger partial charge on any atom is 0.328 e. The van der Waals surface area contributed by atoms with Crippen LogP contribution in [0, 0.1) is 5.92 Å². The Morgan fingerprint density at radius 2 is 1.24 bits per heavy atom. The number of fused-ring (bicyclic) bond motifs is 1. The van der Waals surface area contributed by atoms with E-state index in [2.05, 4.69) is 103 Å². The number of carbonyl (C=O) groups is 3. The van der Waals surface area contributed by atoms with Gasteiger partial charge in [-0.05, 0) is 108 Å². The van der Waals surface area contributed by atoms with Crippen molar-refractivity contribution in [1.82, 2.24) is 20.0 Å². The van der Waals surface area contributed by atoms with Gasteiger partial charge in [0.2, 0.25) is 5.91 Å². The number of hydrogen-bond donors (Lipinski definition) is 2. The van der Waals surface area contributed by atoms with Crippen LogP contribution < -0.4 is 20.0 Å². The number of carbonyl (C=O) groups excluding carboxylic acids is 3. The van der Waals surface area contributed by atoms with Crippen molar-refractivity contribution in [3.63, 3.8) is 0 Å². The van der Waals surface area contributed by atoms with Crippen LogP contribution in [-0.4, -0.2) is 116 Å². The second-order valence-electron chi connectivity index (χ2n) is 16.8. The molecule has 1 aliphatic carbocycles. The van der Waals surface area contributed by atoms with Crippen LogP contribution in [0.15, 0.2) is 97.1 Å². The van der Waals surface area contributed by atoms with Gasteiger partial charge in [-0.3, -0.25) is 19.9 Å². The molecule has 0 radical (unpaired) electrons. The van der Waals surface area contributed by atoms with Gasteiger partial charge in [-0.2, -0.15) is 0 Å². The number of aromatic hydroxyl groups is 1. The van der Waals surface area contributed by atoms with Gasteiger partial charge < -0.3 is 24.7 Å². The van der Waals surface area contributed by atoms with Gasteiger partial charge >= 0.3 is 12.1 Å². The third-order valence-electron chi connectivity index (χ3n) is 13.3. The lowest BCUT2D eigenvalue weighted by Crippen LogP contribution is -2.54. The molecule has 2 N–H and O–H groups in total. The summed E-state index contributed by atoms with van der Waals surface area (Å²) in [6.45, 7) is 10.2. The molecule has 5 aliphatic rings. The fourth-order valence-corrected chi connectivity index (χ4v) is 10.0. The predicted octanol–water partition coefficient (Wildman–Crippen LogP) is 6.48. The topological polar surface area (TPSA) is 103 Å². The minimum absolute atomic E-state index is 0.191.